The minimum absolute atomic E-state index is 0.0478. The van der Waals surface area contributed by atoms with E-state index in [0.29, 0.717) is 25.2 Å². The summed E-state index contributed by atoms with van der Waals surface area (Å²) < 4.78 is 41.3. The zero-order valence-corrected chi connectivity index (χ0v) is 17.3. The van der Waals surface area contributed by atoms with Crippen molar-refractivity contribution in [3.63, 3.8) is 0 Å². The van der Waals surface area contributed by atoms with E-state index < -0.39 is 34.9 Å². The molecule has 32 heavy (non-hydrogen) atoms. The maximum Gasteiger partial charge on any atom is 0.423 e. The van der Waals surface area contributed by atoms with Gasteiger partial charge in [0.05, 0.1) is 23.5 Å². The normalized spacial score (nSPS) is 17.8. The highest BCUT2D eigenvalue weighted by molar-refractivity contribution is 5.94. The monoisotopic (exact) mass is 455 g/mol. The topological polar surface area (TPSA) is 138 Å². The average Bonchev–Trinajstić information content (AvgIpc) is 3.14. The number of anilines is 1. The summed E-state index contributed by atoms with van der Waals surface area (Å²) >= 11 is 0. The van der Waals surface area contributed by atoms with Crippen molar-refractivity contribution in [2.24, 2.45) is 5.73 Å². The summed E-state index contributed by atoms with van der Waals surface area (Å²) in [5.74, 6) is -0.753. The van der Waals surface area contributed by atoms with E-state index in [1.807, 2.05) is 0 Å². The van der Waals surface area contributed by atoms with Crippen LogP contribution in [0.15, 0.2) is 29.5 Å². The Morgan fingerprint density at radius 1 is 1.41 bits per heavy atom. The van der Waals surface area contributed by atoms with Crippen LogP contribution in [0.2, 0.25) is 0 Å². The van der Waals surface area contributed by atoms with Crippen LogP contribution < -0.4 is 21.9 Å². The van der Waals surface area contributed by atoms with Crippen LogP contribution in [0.3, 0.4) is 0 Å². The van der Waals surface area contributed by atoms with E-state index >= 15 is 0 Å². The van der Waals surface area contributed by atoms with Crippen LogP contribution in [0.25, 0.3) is 0 Å². The molecular weight excluding hydrogens is 431 g/mol. The van der Waals surface area contributed by atoms with Gasteiger partial charge in [0.1, 0.15) is 5.56 Å². The molecule has 1 fully saturated rings. The largest absolute Gasteiger partial charge is 0.423 e. The first-order valence-corrected chi connectivity index (χ1v) is 9.93. The molecule has 0 aromatic carbocycles. The van der Waals surface area contributed by atoms with Crippen LogP contribution in [0.5, 0.6) is 0 Å². The van der Waals surface area contributed by atoms with Gasteiger partial charge in [0, 0.05) is 51.0 Å². The van der Waals surface area contributed by atoms with Gasteiger partial charge in [-0.05, 0) is 13.0 Å². The lowest BCUT2D eigenvalue weighted by Gasteiger charge is -2.35. The number of nitrogens with two attached hydrogens (primary N) is 1. The Kier molecular flexibility index (Phi) is 6.87. The second-order valence-electron chi connectivity index (χ2n) is 7.65. The van der Waals surface area contributed by atoms with Crippen LogP contribution >= 0.6 is 0 Å². The van der Waals surface area contributed by atoms with E-state index in [1.54, 1.807) is 39.9 Å². The molecule has 0 aliphatic carbocycles. The lowest BCUT2D eigenvalue weighted by Crippen LogP contribution is -2.54. The summed E-state index contributed by atoms with van der Waals surface area (Å²) in [6, 6.07) is 0.743. The molecule has 0 unspecified atom stereocenters. The van der Waals surface area contributed by atoms with Gasteiger partial charge in [0.15, 0.2) is 0 Å². The van der Waals surface area contributed by atoms with Gasteiger partial charge in [0.25, 0.3) is 11.5 Å². The summed E-state index contributed by atoms with van der Waals surface area (Å²) in [7, 11) is 0. The first-order valence-electron chi connectivity index (χ1n) is 9.93. The highest BCUT2D eigenvalue weighted by Crippen LogP contribution is 2.31. The van der Waals surface area contributed by atoms with Crippen LogP contribution in [0.1, 0.15) is 29.3 Å². The van der Waals surface area contributed by atoms with E-state index in [2.05, 4.69) is 15.7 Å². The van der Waals surface area contributed by atoms with E-state index in [-0.39, 0.29) is 24.9 Å². The van der Waals surface area contributed by atoms with Gasteiger partial charge in [-0.1, -0.05) is 0 Å². The van der Waals surface area contributed by atoms with Crippen LogP contribution in [-0.4, -0.2) is 63.2 Å². The van der Waals surface area contributed by atoms with Crippen molar-refractivity contribution in [1.29, 1.82) is 0 Å². The first kappa shape index (κ1) is 23.3. The average molecular weight is 455 g/mol. The number of H-pyrrole nitrogens is 1. The minimum atomic E-state index is -4.84. The number of hydrogen-bond acceptors (Lipinski definition) is 6. The third kappa shape index (κ3) is 5.46. The minimum Gasteiger partial charge on any atom is -0.379 e. The number of aromatic nitrogens is 3. The smallest absolute Gasteiger partial charge is 0.379 e. The van der Waals surface area contributed by atoms with E-state index in [9.17, 15) is 27.6 Å². The number of alkyl halides is 3. The molecule has 1 saturated heterocycles. The summed E-state index contributed by atoms with van der Waals surface area (Å²) in [6.45, 7) is 3.35. The molecule has 2 aromatic rings. The zero-order valence-electron chi connectivity index (χ0n) is 17.3. The van der Waals surface area contributed by atoms with Gasteiger partial charge in [-0.2, -0.15) is 18.3 Å². The number of carbonyl (C=O) groups is 2. The number of carbonyl (C=O) groups excluding carboxylic acids is 2. The lowest BCUT2D eigenvalue weighted by molar-refractivity contribution is -0.138. The third-order valence-electron chi connectivity index (χ3n) is 5.07. The van der Waals surface area contributed by atoms with Crippen LogP contribution in [0.4, 0.5) is 18.9 Å². The van der Waals surface area contributed by atoms with Gasteiger partial charge in [-0.3, -0.25) is 14.4 Å². The quantitative estimate of drug-likeness (QED) is 0.476. The standard InChI is InChI=1S/C19H24F3N7O3/c1-11(26-14-8-25-27-17(31)16(14)19(20,21)22)9-28-4-2-12(10-28)18(32)29-5-3-24-7-13(29)6-15(23)30/h2,4,8,10-11,13,24H,3,5-7,9H2,1H3,(H2,23,30)(H2,26,27,31)/t11-,13-/m0/s1. The fourth-order valence-electron chi connectivity index (χ4n) is 3.71. The van der Waals surface area contributed by atoms with Crippen LogP contribution in [-0.2, 0) is 17.5 Å². The maximum absolute atomic E-state index is 13.2. The first-order chi connectivity index (χ1) is 15.1. The highest BCUT2D eigenvalue weighted by Gasteiger charge is 2.37. The zero-order chi connectivity index (χ0) is 23.5. The van der Waals surface area contributed by atoms with Gasteiger partial charge in [-0.25, -0.2) is 5.10 Å². The molecule has 174 valence electrons. The number of amides is 2. The predicted molar refractivity (Wildman–Crippen MR) is 109 cm³/mol. The molecule has 3 rings (SSSR count). The Morgan fingerprint density at radius 2 is 2.16 bits per heavy atom. The number of hydrogen-bond donors (Lipinski definition) is 4. The maximum atomic E-state index is 13.2. The second kappa shape index (κ2) is 9.42. The molecule has 0 bridgehead atoms. The molecule has 2 aromatic heterocycles. The molecule has 5 N–H and O–H groups in total. The third-order valence-corrected chi connectivity index (χ3v) is 5.07. The van der Waals surface area contributed by atoms with Crippen molar-refractivity contribution >= 4 is 17.5 Å². The number of nitrogens with zero attached hydrogens (tertiary/aromatic N) is 3. The molecule has 3 heterocycles. The number of piperazine rings is 1. The Labute approximate surface area is 181 Å². The van der Waals surface area contributed by atoms with Gasteiger partial charge in [0.2, 0.25) is 5.91 Å². The molecular formula is C19H24F3N7O3. The Hall–Kier alpha value is -3.35. The van der Waals surface area contributed by atoms with Crippen LogP contribution in [0, 0.1) is 0 Å². The number of halogens is 3. The van der Waals surface area contributed by atoms with Crippen molar-refractivity contribution in [3.05, 3.63) is 46.1 Å². The van der Waals surface area contributed by atoms with Crippen molar-refractivity contribution in [2.75, 3.05) is 25.0 Å². The van der Waals surface area contributed by atoms with Crippen molar-refractivity contribution in [3.8, 4) is 0 Å². The van der Waals surface area contributed by atoms with Crippen molar-refractivity contribution in [1.82, 2.24) is 25.0 Å². The fourth-order valence-corrected chi connectivity index (χ4v) is 3.71. The lowest BCUT2D eigenvalue weighted by atomic mass is 10.1. The number of nitrogens with one attached hydrogen (secondary N) is 3. The van der Waals surface area contributed by atoms with E-state index in [4.69, 9.17) is 5.73 Å². The van der Waals surface area contributed by atoms with E-state index in [1.165, 1.54) is 0 Å². The molecule has 1 aliphatic rings. The molecule has 0 radical (unpaired) electrons. The van der Waals surface area contributed by atoms with Gasteiger partial charge in [-0.15, -0.1) is 0 Å². The summed E-state index contributed by atoms with van der Waals surface area (Å²) in [4.78, 5) is 37.4. The molecule has 2 atom stereocenters. The SMILES string of the molecule is C[C@@H](Cn1ccc(C(=O)N2CCNC[C@@H]2CC(N)=O)c1)Nc1cn[nH]c(=O)c1C(F)(F)F. The Bertz CT molecular complexity index is 1030. The molecule has 0 saturated carbocycles. The molecule has 13 heteroatoms. The van der Waals surface area contributed by atoms with E-state index in [0.717, 1.165) is 6.20 Å². The number of primary amides is 1. The Balaban J connectivity index is 1.69. The molecule has 0 spiro atoms. The fraction of sp³-hybridized carbons (Fsp3) is 0.474. The van der Waals surface area contributed by atoms with Gasteiger partial charge >= 0.3 is 6.18 Å². The second-order valence-corrected chi connectivity index (χ2v) is 7.65. The molecule has 1 aliphatic heterocycles. The Morgan fingerprint density at radius 3 is 2.84 bits per heavy atom. The summed E-state index contributed by atoms with van der Waals surface area (Å²) in [6.07, 6.45) is -0.654. The van der Waals surface area contributed by atoms with Crippen molar-refractivity contribution in [2.45, 2.75) is 38.1 Å². The molecule has 10 nitrogen and oxygen atoms in total. The number of aromatic amines is 1. The number of rotatable bonds is 7. The predicted octanol–water partition coefficient (Wildman–Crippen LogP) is 0.380. The summed E-state index contributed by atoms with van der Waals surface area (Å²) in [5, 5.41) is 11.0. The van der Waals surface area contributed by atoms with Crippen molar-refractivity contribution < 1.29 is 22.8 Å². The molecule has 2 amide bonds. The van der Waals surface area contributed by atoms with Gasteiger partial charge < -0.3 is 25.8 Å². The summed E-state index contributed by atoms with van der Waals surface area (Å²) in [5.41, 5.74) is 2.57. The highest BCUT2D eigenvalue weighted by atomic mass is 19.4.